The lowest BCUT2D eigenvalue weighted by Gasteiger charge is -1.93. The van der Waals surface area contributed by atoms with E-state index in [2.05, 4.69) is 13.8 Å². The van der Waals surface area contributed by atoms with E-state index in [1.165, 1.54) is 0 Å². The van der Waals surface area contributed by atoms with E-state index in [1.54, 1.807) is 0 Å². The Balaban J connectivity index is 2.52. The highest BCUT2D eigenvalue weighted by atomic mass is 15.0. The normalized spacial score (nSPS) is 46.3. The van der Waals surface area contributed by atoms with Crippen LogP contribution in [-0.4, -0.2) is 12.1 Å². The molecule has 0 bridgehead atoms. The second kappa shape index (κ2) is 1.01. The molecule has 0 heterocycles. The first-order valence-electron chi connectivity index (χ1n) is 2.58. The number of hydrogen-bond donors (Lipinski definition) is 2. The molecule has 0 saturated heterocycles. The fourth-order valence-electron chi connectivity index (χ4n) is 0.718. The van der Waals surface area contributed by atoms with E-state index in [4.69, 9.17) is 11.5 Å². The van der Waals surface area contributed by atoms with Gasteiger partial charge in [-0.1, -0.05) is 13.8 Å². The number of hydrogen-bond acceptors (Lipinski definition) is 2. The van der Waals surface area contributed by atoms with Crippen LogP contribution in [-0.2, 0) is 0 Å². The summed E-state index contributed by atoms with van der Waals surface area (Å²) in [5.41, 5.74) is 11.3. The zero-order valence-corrected chi connectivity index (χ0v) is 4.81. The minimum absolute atomic E-state index is 0.222. The van der Waals surface area contributed by atoms with Crippen LogP contribution in [0.5, 0.6) is 0 Å². The zero-order valence-electron chi connectivity index (χ0n) is 4.81. The number of rotatable bonds is 0. The predicted molar refractivity (Wildman–Crippen MR) is 29.7 cm³/mol. The Morgan fingerprint density at radius 3 is 1.29 bits per heavy atom. The molecule has 1 rings (SSSR count). The van der Waals surface area contributed by atoms with E-state index < -0.39 is 0 Å². The third-order valence-electron chi connectivity index (χ3n) is 2.00. The van der Waals surface area contributed by atoms with Gasteiger partial charge >= 0.3 is 0 Å². The first-order chi connectivity index (χ1) is 3.07. The van der Waals surface area contributed by atoms with Crippen LogP contribution < -0.4 is 11.5 Å². The molecule has 0 amide bonds. The summed E-state index contributed by atoms with van der Waals surface area (Å²) in [6.45, 7) is 4.17. The minimum atomic E-state index is 0.222. The van der Waals surface area contributed by atoms with E-state index in [0.717, 1.165) is 0 Å². The van der Waals surface area contributed by atoms with Gasteiger partial charge in [-0.05, 0) is 5.41 Å². The molecule has 0 aromatic heterocycles. The molecule has 1 aliphatic rings. The average molecular weight is 100 g/mol. The molecule has 0 unspecified atom stereocenters. The highest BCUT2D eigenvalue weighted by Gasteiger charge is 2.52. The predicted octanol–water partition coefficient (Wildman–Crippen LogP) is -0.319. The summed E-state index contributed by atoms with van der Waals surface area (Å²) in [6, 6.07) is 0.486. The highest BCUT2D eigenvalue weighted by molar-refractivity contribution is 5.12. The SMILES string of the molecule is CC1(C)[C@H](N)[C@@H]1N. The van der Waals surface area contributed by atoms with Crippen LogP contribution in [0, 0.1) is 5.41 Å². The minimum Gasteiger partial charge on any atom is -0.326 e. The maximum atomic E-state index is 5.52. The largest absolute Gasteiger partial charge is 0.326 e. The molecule has 2 atom stereocenters. The van der Waals surface area contributed by atoms with Gasteiger partial charge in [-0.2, -0.15) is 0 Å². The van der Waals surface area contributed by atoms with Crippen molar-refractivity contribution in [2.24, 2.45) is 16.9 Å². The average Bonchev–Trinajstić information content (AvgIpc) is 1.91. The third-order valence-corrected chi connectivity index (χ3v) is 2.00. The molecule has 1 aliphatic carbocycles. The first kappa shape index (κ1) is 5.06. The molecule has 1 fully saturated rings. The van der Waals surface area contributed by atoms with Gasteiger partial charge < -0.3 is 11.5 Å². The number of nitrogens with two attached hydrogens (primary N) is 2. The Bertz CT molecular complexity index is 78.1. The third kappa shape index (κ3) is 0.469. The standard InChI is InChI=1S/C5H12N2/c1-5(2)3(6)4(5)7/h3-4H,6-7H2,1-2H3/t3-,4+. The Labute approximate surface area is 43.9 Å². The van der Waals surface area contributed by atoms with Crippen molar-refractivity contribution in [3.8, 4) is 0 Å². The van der Waals surface area contributed by atoms with Crippen LogP contribution in [0.3, 0.4) is 0 Å². The van der Waals surface area contributed by atoms with Crippen LogP contribution in [0.1, 0.15) is 13.8 Å². The Kier molecular flexibility index (Phi) is 0.730. The van der Waals surface area contributed by atoms with E-state index in [9.17, 15) is 0 Å². The lowest BCUT2D eigenvalue weighted by molar-refractivity contribution is 0.597. The topological polar surface area (TPSA) is 52.0 Å². The van der Waals surface area contributed by atoms with Crippen molar-refractivity contribution in [2.45, 2.75) is 25.9 Å². The van der Waals surface area contributed by atoms with Gasteiger partial charge in [0.1, 0.15) is 0 Å². The van der Waals surface area contributed by atoms with Gasteiger partial charge in [-0.15, -0.1) is 0 Å². The Morgan fingerprint density at radius 2 is 1.29 bits per heavy atom. The molecule has 0 aromatic carbocycles. The molecule has 0 aliphatic heterocycles. The van der Waals surface area contributed by atoms with Gasteiger partial charge in [0.15, 0.2) is 0 Å². The van der Waals surface area contributed by atoms with Gasteiger partial charge in [0.05, 0.1) is 0 Å². The van der Waals surface area contributed by atoms with Gasteiger partial charge in [0.2, 0.25) is 0 Å². The molecule has 0 spiro atoms. The van der Waals surface area contributed by atoms with Crippen LogP contribution in [0.2, 0.25) is 0 Å². The fraction of sp³-hybridized carbons (Fsp3) is 1.00. The lowest BCUT2D eigenvalue weighted by atomic mass is 10.2. The summed E-state index contributed by atoms with van der Waals surface area (Å²) in [7, 11) is 0. The van der Waals surface area contributed by atoms with Crippen LogP contribution >= 0.6 is 0 Å². The van der Waals surface area contributed by atoms with Crippen molar-refractivity contribution >= 4 is 0 Å². The van der Waals surface area contributed by atoms with Crippen molar-refractivity contribution in [3.05, 3.63) is 0 Å². The lowest BCUT2D eigenvalue weighted by Crippen LogP contribution is -2.12. The van der Waals surface area contributed by atoms with Crippen molar-refractivity contribution < 1.29 is 0 Å². The maximum Gasteiger partial charge on any atom is 0.0265 e. The van der Waals surface area contributed by atoms with E-state index in [-0.39, 0.29) is 17.5 Å². The zero-order chi connectivity index (χ0) is 5.65. The second-order valence-corrected chi connectivity index (χ2v) is 2.87. The molecule has 0 radical (unpaired) electrons. The van der Waals surface area contributed by atoms with E-state index >= 15 is 0 Å². The summed E-state index contributed by atoms with van der Waals surface area (Å²) < 4.78 is 0. The molecule has 2 heteroatoms. The Hall–Kier alpha value is -0.0800. The molecular formula is C5H12N2. The van der Waals surface area contributed by atoms with Crippen molar-refractivity contribution in [1.82, 2.24) is 0 Å². The molecule has 7 heavy (non-hydrogen) atoms. The second-order valence-electron chi connectivity index (χ2n) is 2.87. The summed E-state index contributed by atoms with van der Waals surface area (Å²) in [6.07, 6.45) is 0. The highest BCUT2D eigenvalue weighted by Crippen LogP contribution is 2.41. The van der Waals surface area contributed by atoms with Crippen molar-refractivity contribution in [1.29, 1.82) is 0 Å². The van der Waals surface area contributed by atoms with E-state index in [0.29, 0.717) is 0 Å². The molecular weight excluding hydrogens is 88.1 g/mol. The summed E-state index contributed by atoms with van der Waals surface area (Å²) in [5.74, 6) is 0. The summed E-state index contributed by atoms with van der Waals surface area (Å²) in [5, 5.41) is 0. The first-order valence-corrected chi connectivity index (χ1v) is 2.58. The van der Waals surface area contributed by atoms with Crippen LogP contribution in [0.4, 0.5) is 0 Å². The van der Waals surface area contributed by atoms with Gasteiger partial charge in [-0.3, -0.25) is 0 Å². The smallest absolute Gasteiger partial charge is 0.0265 e. The Morgan fingerprint density at radius 1 is 1.14 bits per heavy atom. The molecule has 1 saturated carbocycles. The molecule has 0 aromatic rings. The quantitative estimate of drug-likeness (QED) is 0.438. The van der Waals surface area contributed by atoms with Crippen LogP contribution in [0.15, 0.2) is 0 Å². The van der Waals surface area contributed by atoms with Gasteiger partial charge in [0, 0.05) is 12.1 Å². The molecule has 4 N–H and O–H groups in total. The monoisotopic (exact) mass is 100 g/mol. The van der Waals surface area contributed by atoms with Crippen LogP contribution in [0.25, 0.3) is 0 Å². The summed E-state index contributed by atoms with van der Waals surface area (Å²) in [4.78, 5) is 0. The van der Waals surface area contributed by atoms with Gasteiger partial charge in [-0.25, -0.2) is 0 Å². The molecule has 42 valence electrons. The fourth-order valence-corrected chi connectivity index (χ4v) is 0.718. The van der Waals surface area contributed by atoms with E-state index in [1.807, 2.05) is 0 Å². The maximum absolute atomic E-state index is 5.52. The van der Waals surface area contributed by atoms with Gasteiger partial charge in [0.25, 0.3) is 0 Å². The van der Waals surface area contributed by atoms with Crippen molar-refractivity contribution in [2.75, 3.05) is 0 Å². The summed E-state index contributed by atoms with van der Waals surface area (Å²) >= 11 is 0. The molecule has 2 nitrogen and oxygen atoms in total. The van der Waals surface area contributed by atoms with Crippen molar-refractivity contribution in [3.63, 3.8) is 0 Å².